The summed E-state index contributed by atoms with van der Waals surface area (Å²) in [6, 6.07) is 1.65. The molecule has 22 heavy (non-hydrogen) atoms. The molecule has 2 unspecified atom stereocenters. The van der Waals surface area contributed by atoms with E-state index in [4.69, 9.17) is 0 Å². The van der Waals surface area contributed by atoms with Crippen molar-refractivity contribution in [3.63, 3.8) is 0 Å². The van der Waals surface area contributed by atoms with E-state index in [1.807, 2.05) is 0 Å². The molecule has 2 saturated carbocycles. The van der Waals surface area contributed by atoms with E-state index in [9.17, 15) is 0 Å². The third-order valence-electron chi connectivity index (χ3n) is 6.72. The Morgan fingerprint density at radius 2 is 1.59 bits per heavy atom. The van der Waals surface area contributed by atoms with Gasteiger partial charge in [-0.2, -0.15) is 0 Å². The fourth-order valence-corrected chi connectivity index (χ4v) is 5.10. The van der Waals surface area contributed by atoms with Crippen molar-refractivity contribution in [1.29, 1.82) is 0 Å². The number of likely N-dealkylation sites (tertiary alicyclic amines) is 1. The van der Waals surface area contributed by atoms with Crippen molar-refractivity contribution in [2.45, 2.75) is 90.1 Å². The average molecular weight is 307 g/mol. The summed E-state index contributed by atoms with van der Waals surface area (Å²) in [6.07, 6.45) is 14.6. The minimum absolute atomic E-state index is 0.753. The van der Waals surface area contributed by atoms with Crippen molar-refractivity contribution in [2.24, 2.45) is 17.8 Å². The number of nitrogens with zero attached hydrogens (tertiary/aromatic N) is 1. The van der Waals surface area contributed by atoms with Gasteiger partial charge in [-0.1, -0.05) is 46.0 Å². The summed E-state index contributed by atoms with van der Waals surface area (Å²) < 4.78 is 0. The number of piperidine rings is 1. The Balaban J connectivity index is 1.54. The molecule has 3 fully saturated rings. The molecule has 1 saturated heterocycles. The molecule has 1 N–H and O–H groups in total. The maximum absolute atomic E-state index is 3.98. The molecule has 0 aromatic heterocycles. The third-order valence-corrected chi connectivity index (χ3v) is 6.72. The lowest BCUT2D eigenvalue weighted by molar-refractivity contribution is 0.0609. The van der Waals surface area contributed by atoms with E-state index in [1.165, 1.54) is 83.8 Å². The van der Waals surface area contributed by atoms with Crippen LogP contribution in [-0.2, 0) is 0 Å². The van der Waals surface area contributed by atoms with E-state index in [2.05, 4.69) is 24.1 Å². The smallest absolute Gasteiger partial charge is 0.0198 e. The molecule has 2 aliphatic carbocycles. The molecule has 2 nitrogen and oxygen atoms in total. The Morgan fingerprint density at radius 3 is 2.27 bits per heavy atom. The fraction of sp³-hybridized carbons (Fsp3) is 1.00. The van der Waals surface area contributed by atoms with Crippen LogP contribution in [0.2, 0.25) is 0 Å². The molecule has 2 atom stereocenters. The Labute approximate surface area is 138 Å². The van der Waals surface area contributed by atoms with Crippen LogP contribution in [-0.4, -0.2) is 36.6 Å². The van der Waals surface area contributed by atoms with Gasteiger partial charge in [0.1, 0.15) is 0 Å². The van der Waals surface area contributed by atoms with Crippen LogP contribution in [0.25, 0.3) is 0 Å². The maximum Gasteiger partial charge on any atom is 0.0198 e. The number of rotatable bonds is 5. The van der Waals surface area contributed by atoms with Crippen LogP contribution < -0.4 is 5.32 Å². The first-order valence-corrected chi connectivity index (χ1v) is 10.2. The molecule has 0 aromatic rings. The minimum atomic E-state index is 0.753. The highest BCUT2D eigenvalue weighted by Crippen LogP contribution is 2.31. The second kappa shape index (κ2) is 8.15. The van der Waals surface area contributed by atoms with Crippen molar-refractivity contribution in [3.05, 3.63) is 0 Å². The summed E-state index contributed by atoms with van der Waals surface area (Å²) in [7, 11) is 0. The molecule has 0 bridgehead atoms. The van der Waals surface area contributed by atoms with Gasteiger partial charge in [-0.05, 0) is 56.4 Å². The van der Waals surface area contributed by atoms with Gasteiger partial charge in [-0.25, -0.2) is 0 Å². The van der Waals surface area contributed by atoms with Crippen LogP contribution >= 0.6 is 0 Å². The Hall–Kier alpha value is -0.0800. The van der Waals surface area contributed by atoms with Gasteiger partial charge in [0.15, 0.2) is 0 Å². The largest absolute Gasteiger partial charge is 0.312 e. The van der Waals surface area contributed by atoms with Gasteiger partial charge in [0.25, 0.3) is 0 Å². The Bertz CT molecular complexity index is 316. The lowest BCUT2D eigenvalue weighted by atomic mass is 9.83. The normalized spacial score (nSPS) is 32.9. The third kappa shape index (κ3) is 4.47. The van der Waals surface area contributed by atoms with Crippen LogP contribution in [0.3, 0.4) is 0 Å². The second-order valence-electron chi connectivity index (χ2n) is 8.74. The predicted octanol–water partition coefficient (Wildman–Crippen LogP) is 4.45. The highest BCUT2D eigenvalue weighted by atomic mass is 15.2. The molecule has 0 radical (unpaired) electrons. The van der Waals surface area contributed by atoms with Crippen LogP contribution in [0.5, 0.6) is 0 Å². The predicted molar refractivity (Wildman–Crippen MR) is 95.1 cm³/mol. The van der Waals surface area contributed by atoms with Crippen molar-refractivity contribution < 1.29 is 0 Å². The van der Waals surface area contributed by atoms with Crippen molar-refractivity contribution in [1.82, 2.24) is 10.2 Å². The summed E-state index contributed by atoms with van der Waals surface area (Å²) in [5, 5.41) is 3.98. The topological polar surface area (TPSA) is 15.3 Å². The maximum atomic E-state index is 3.98. The van der Waals surface area contributed by atoms with Gasteiger partial charge >= 0.3 is 0 Å². The summed E-state index contributed by atoms with van der Waals surface area (Å²) in [6.45, 7) is 8.84. The second-order valence-corrected chi connectivity index (χ2v) is 8.74. The molecule has 128 valence electrons. The van der Waals surface area contributed by atoms with Crippen LogP contribution in [0.4, 0.5) is 0 Å². The van der Waals surface area contributed by atoms with Gasteiger partial charge in [-0.15, -0.1) is 0 Å². The molecule has 1 aliphatic heterocycles. The van der Waals surface area contributed by atoms with Crippen molar-refractivity contribution >= 4 is 0 Å². The van der Waals surface area contributed by atoms with E-state index in [1.54, 1.807) is 0 Å². The Morgan fingerprint density at radius 1 is 0.909 bits per heavy atom. The van der Waals surface area contributed by atoms with Crippen LogP contribution in [0, 0.1) is 17.8 Å². The first-order valence-electron chi connectivity index (χ1n) is 10.2. The fourth-order valence-electron chi connectivity index (χ4n) is 5.10. The minimum Gasteiger partial charge on any atom is -0.312 e. The van der Waals surface area contributed by atoms with E-state index in [0.29, 0.717) is 0 Å². The SMILES string of the molecule is CC(C)C1CC(NCC2CCCC2)CN(C2CCCCC2)C1. The van der Waals surface area contributed by atoms with Gasteiger partial charge in [0.2, 0.25) is 0 Å². The lowest BCUT2D eigenvalue weighted by Crippen LogP contribution is -2.54. The van der Waals surface area contributed by atoms with Crippen LogP contribution in [0.1, 0.15) is 78.1 Å². The van der Waals surface area contributed by atoms with Crippen molar-refractivity contribution in [2.75, 3.05) is 19.6 Å². The average Bonchev–Trinajstić information content (AvgIpc) is 3.07. The number of hydrogen-bond acceptors (Lipinski definition) is 2. The Kier molecular flexibility index (Phi) is 6.21. The quantitative estimate of drug-likeness (QED) is 0.807. The molecule has 3 rings (SSSR count). The molecule has 0 aromatic carbocycles. The molecule has 3 aliphatic rings. The molecular formula is C20H38N2. The number of nitrogens with one attached hydrogen (secondary N) is 1. The number of hydrogen-bond donors (Lipinski definition) is 1. The standard InChI is InChI=1S/C20H38N2/c1-16(2)18-12-19(21-13-17-8-6-7-9-17)15-22(14-18)20-10-4-3-5-11-20/h16-21H,3-15H2,1-2H3. The highest BCUT2D eigenvalue weighted by molar-refractivity contribution is 4.89. The molecule has 1 heterocycles. The van der Waals surface area contributed by atoms with Gasteiger partial charge < -0.3 is 5.32 Å². The molecule has 2 heteroatoms. The zero-order chi connectivity index (χ0) is 15.4. The zero-order valence-corrected chi connectivity index (χ0v) is 15.0. The van der Waals surface area contributed by atoms with Gasteiger partial charge in [0, 0.05) is 25.2 Å². The van der Waals surface area contributed by atoms with Gasteiger partial charge in [-0.3, -0.25) is 4.90 Å². The lowest BCUT2D eigenvalue weighted by Gasteiger charge is -2.45. The van der Waals surface area contributed by atoms with E-state index in [0.717, 1.165) is 29.8 Å². The van der Waals surface area contributed by atoms with E-state index >= 15 is 0 Å². The summed E-state index contributed by atoms with van der Waals surface area (Å²) in [5.41, 5.74) is 0. The summed E-state index contributed by atoms with van der Waals surface area (Å²) >= 11 is 0. The van der Waals surface area contributed by atoms with E-state index in [-0.39, 0.29) is 0 Å². The molecular weight excluding hydrogens is 268 g/mol. The van der Waals surface area contributed by atoms with Gasteiger partial charge in [0.05, 0.1) is 0 Å². The summed E-state index contributed by atoms with van der Waals surface area (Å²) in [5.74, 6) is 2.71. The first-order chi connectivity index (χ1) is 10.7. The first kappa shape index (κ1) is 16.8. The van der Waals surface area contributed by atoms with E-state index < -0.39 is 0 Å². The molecule has 0 amide bonds. The highest BCUT2D eigenvalue weighted by Gasteiger charge is 2.33. The van der Waals surface area contributed by atoms with Crippen LogP contribution in [0.15, 0.2) is 0 Å². The monoisotopic (exact) mass is 306 g/mol. The molecule has 0 spiro atoms. The summed E-state index contributed by atoms with van der Waals surface area (Å²) in [4.78, 5) is 2.87. The van der Waals surface area contributed by atoms with Crippen molar-refractivity contribution in [3.8, 4) is 0 Å². The zero-order valence-electron chi connectivity index (χ0n) is 15.0.